The Morgan fingerprint density at radius 2 is 2.07 bits per heavy atom. The van der Waals surface area contributed by atoms with Crippen molar-refractivity contribution in [1.82, 2.24) is 10.3 Å². The van der Waals surface area contributed by atoms with Gasteiger partial charge in [0.1, 0.15) is 0 Å². The molecule has 2 aromatic rings. The van der Waals surface area contributed by atoms with Crippen molar-refractivity contribution < 1.29 is 0 Å². The molecule has 0 radical (unpaired) electrons. The van der Waals surface area contributed by atoms with Gasteiger partial charge in [-0.2, -0.15) is 0 Å². The largest absolute Gasteiger partial charge is 0.361 e. The second-order valence-electron chi connectivity index (χ2n) is 3.72. The molecular weight excluding hydrogens is 184 g/mol. The van der Waals surface area contributed by atoms with Crippen LogP contribution in [0.25, 0.3) is 11.3 Å². The zero-order valence-corrected chi connectivity index (χ0v) is 9.12. The molecule has 78 valence electrons. The van der Waals surface area contributed by atoms with E-state index in [4.69, 9.17) is 0 Å². The number of nitrogens with one attached hydrogen (secondary N) is 2. The van der Waals surface area contributed by atoms with Crippen LogP contribution < -0.4 is 5.32 Å². The number of rotatable bonds is 3. The van der Waals surface area contributed by atoms with E-state index in [1.165, 1.54) is 16.8 Å². The molecule has 0 aliphatic heterocycles. The van der Waals surface area contributed by atoms with Gasteiger partial charge < -0.3 is 10.3 Å². The SMILES string of the molecule is CNC(C)c1cccc(-c2ccc[nH]2)c1. The van der Waals surface area contributed by atoms with Gasteiger partial charge in [-0.05, 0) is 43.3 Å². The summed E-state index contributed by atoms with van der Waals surface area (Å²) in [7, 11) is 1.98. The fourth-order valence-electron chi connectivity index (χ4n) is 1.65. The first-order valence-corrected chi connectivity index (χ1v) is 5.22. The van der Waals surface area contributed by atoms with Gasteiger partial charge in [0, 0.05) is 17.9 Å². The van der Waals surface area contributed by atoms with Crippen molar-refractivity contribution in [3.8, 4) is 11.3 Å². The first kappa shape index (κ1) is 9.99. The Morgan fingerprint density at radius 1 is 1.20 bits per heavy atom. The van der Waals surface area contributed by atoms with E-state index >= 15 is 0 Å². The number of aromatic nitrogens is 1. The lowest BCUT2D eigenvalue weighted by Gasteiger charge is -2.11. The Hall–Kier alpha value is -1.54. The molecule has 0 saturated carbocycles. The van der Waals surface area contributed by atoms with Gasteiger partial charge >= 0.3 is 0 Å². The molecule has 0 aliphatic rings. The number of hydrogen-bond acceptors (Lipinski definition) is 1. The third-order valence-electron chi connectivity index (χ3n) is 2.73. The lowest BCUT2D eigenvalue weighted by Crippen LogP contribution is -2.12. The standard InChI is InChI=1S/C13H16N2/c1-10(14-2)11-5-3-6-12(9-11)13-7-4-8-15-13/h3-10,14-15H,1-2H3. The molecule has 1 aromatic carbocycles. The summed E-state index contributed by atoms with van der Waals surface area (Å²) in [6.07, 6.45) is 1.95. The van der Waals surface area contributed by atoms with Gasteiger partial charge in [-0.3, -0.25) is 0 Å². The Balaban J connectivity index is 2.35. The molecule has 2 heteroatoms. The predicted molar refractivity (Wildman–Crippen MR) is 63.7 cm³/mol. The van der Waals surface area contributed by atoms with E-state index in [1.807, 2.05) is 19.3 Å². The molecule has 2 nitrogen and oxygen atoms in total. The average Bonchev–Trinajstić information content (AvgIpc) is 2.82. The highest BCUT2D eigenvalue weighted by molar-refractivity contribution is 5.60. The Kier molecular flexibility index (Phi) is 2.88. The van der Waals surface area contributed by atoms with Gasteiger partial charge in [0.2, 0.25) is 0 Å². The Morgan fingerprint density at radius 3 is 2.73 bits per heavy atom. The summed E-state index contributed by atoms with van der Waals surface area (Å²) in [6, 6.07) is 13.1. The lowest BCUT2D eigenvalue weighted by molar-refractivity contribution is 0.652. The number of benzene rings is 1. The maximum absolute atomic E-state index is 3.24. The van der Waals surface area contributed by atoms with Crippen LogP contribution in [0.5, 0.6) is 0 Å². The molecule has 0 spiro atoms. The van der Waals surface area contributed by atoms with Crippen molar-refractivity contribution in [3.63, 3.8) is 0 Å². The molecule has 0 fully saturated rings. The molecule has 0 aliphatic carbocycles. The summed E-state index contributed by atoms with van der Waals surface area (Å²) in [6.45, 7) is 2.16. The number of aromatic amines is 1. The Bertz CT molecular complexity index is 418. The number of H-pyrrole nitrogens is 1. The second kappa shape index (κ2) is 4.32. The van der Waals surface area contributed by atoms with E-state index in [-0.39, 0.29) is 0 Å². The maximum Gasteiger partial charge on any atom is 0.0453 e. The van der Waals surface area contributed by atoms with E-state index in [2.05, 4.69) is 47.6 Å². The highest BCUT2D eigenvalue weighted by Crippen LogP contribution is 2.21. The van der Waals surface area contributed by atoms with Crippen LogP contribution in [-0.4, -0.2) is 12.0 Å². The third kappa shape index (κ3) is 2.10. The van der Waals surface area contributed by atoms with Gasteiger partial charge in [0.25, 0.3) is 0 Å². The van der Waals surface area contributed by atoms with Crippen LogP contribution in [-0.2, 0) is 0 Å². The van der Waals surface area contributed by atoms with Crippen LogP contribution >= 0.6 is 0 Å². The van der Waals surface area contributed by atoms with E-state index < -0.39 is 0 Å². The molecule has 2 rings (SSSR count). The summed E-state index contributed by atoms with van der Waals surface area (Å²) in [5, 5.41) is 3.24. The van der Waals surface area contributed by atoms with Gasteiger partial charge in [-0.15, -0.1) is 0 Å². The first-order valence-electron chi connectivity index (χ1n) is 5.22. The summed E-state index contributed by atoms with van der Waals surface area (Å²) in [5.74, 6) is 0. The summed E-state index contributed by atoms with van der Waals surface area (Å²) >= 11 is 0. The monoisotopic (exact) mass is 200 g/mol. The van der Waals surface area contributed by atoms with E-state index in [0.29, 0.717) is 6.04 Å². The van der Waals surface area contributed by atoms with Crippen LogP contribution in [0.1, 0.15) is 18.5 Å². The maximum atomic E-state index is 3.24. The van der Waals surface area contributed by atoms with Crippen molar-refractivity contribution >= 4 is 0 Å². The van der Waals surface area contributed by atoms with Crippen molar-refractivity contribution in [2.75, 3.05) is 7.05 Å². The fraction of sp³-hybridized carbons (Fsp3) is 0.231. The molecule has 0 amide bonds. The first-order chi connectivity index (χ1) is 7.31. The van der Waals surface area contributed by atoms with Crippen LogP contribution in [0, 0.1) is 0 Å². The predicted octanol–water partition coefficient (Wildman–Crippen LogP) is 2.96. The van der Waals surface area contributed by atoms with Crippen LogP contribution in [0.4, 0.5) is 0 Å². The molecule has 1 unspecified atom stereocenters. The lowest BCUT2D eigenvalue weighted by atomic mass is 10.0. The minimum Gasteiger partial charge on any atom is -0.361 e. The zero-order valence-electron chi connectivity index (χ0n) is 9.12. The molecule has 1 aromatic heterocycles. The van der Waals surface area contributed by atoms with Crippen molar-refractivity contribution in [1.29, 1.82) is 0 Å². The van der Waals surface area contributed by atoms with Crippen LogP contribution in [0.3, 0.4) is 0 Å². The Labute approximate surface area is 90.3 Å². The van der Waals surface area contributed by atoms with Crippen LogP contribution in [0.2, 0.25) is 0 Å². The van der Waals surface area contributed by atoms with Crippen molar-refractivity contribution in [2.24, 2.45) is 0 Å². The van der Waals surface area contributed by atoms with E-state index in [0.717, 1.165) is 0 Å². The van der Waals surface area contributed by atoms with Crippen LogP contribution in [0.15, 0.2) is 42.6 Å². The second-order valence-corrected chi connectivity index (χ2v) is 3.72. The molecule has 1 heterocycles. The fourth-order valence-corrected chi connectivity index (χ4v) is 1.65. The zero-order chi connectivity index (χ0) is 10.7. The highest BCUT2D eigenvalue weighted by Gasteiger charge is 2.04. The molecular formula is C13H16N2. The van der Waals surface area contributed by atoms with Gasteiger partial charge in [-0.25, -0.2) is 0 Å². The number of hydrogen-bond donors (Lipinski definition) is 2. The van der Waals surface area contributed by atoms with Gasteiger partial charge in [0.15, 0.2) is 0 Å². The van der Waals surface area contributed by atoms with E-state index in [9.17, 15) is 0 Å². The summed E-state index contributed by atoms with van der Waals surface area (Å²) in [4.78, 5) is 3.22. The summed E-state index contributed by atoms with van der Waals surface area (Å²) in [5.41, 5.74) is 3.71. The van der Waals surface area contributed by atoms with Gasteiger partial charge in [-0.1, -0.05) is 18.2 Å². The highest BCUT2D eigenvalue weighted by atomic mass is 14.8. The average molecular weight is 200 g/mol. The van der Waals surface area contributed by atoms with E-state index in [1.54, 1.807) is 0 Å². The van der Waals surface area contributed by atoms with Crippen molar-refractivity contribution in [3.05, 3.63) is 48.2 Å². The molecule has 0 bridgehead atoms. The smallest absolute Gasteiger partial charge is 0.0453 e. The minimum atomic E-state index is 0.389. The molecule has 2 N–H and O–H groups in total. The molecule has 15 heavy (non-hydrogen) atoms. The third-order valence-corrected chi connectivity index (χ3v) is 2.73. The van der Waals surface area contributed by atoms with Gasteiger partial charge in [0.05, 0.1) is 0 Å². The minimum absolute atomic E-state index is 0.389. The summed E-state index contributed by atoms with van der Waals surface area (Å²) < 4.78 is 0. The quantitative estimate of drug-likeness (QED) is 0.783. The topological polar surface area (TPSA) is 27.8 Å². The molecule has 1 atom stereocenters. The van der Waals surface area contributed by atoms with Crippen molar-refractivity contribution in [2.45, 2.75) is 13.0 Å². The molecule has 0 saturated heterocycles. The normalized spacial score (nSPS) is 12.7.